The Kier molecular flexibility index (Phi) is 6.74. The summed E-state index contributed by atoms with van der Waals surface area (Å²) >= 11 is 1.60. The molecule has 1 aliphatic heterocycles. The van der Waals surface area contributed by atoms with Crippen LogP contribution in [0.25, 0.3) is 10.8 Å². The molecule has 1 aliphatic rings. The van der Waals surface area contributed by atoms with Crippen LogP contribution in [0.5, 0.6) is 17.2 Å². The van der Waals surface area contributed by atoms with Gasteiger partial charge < -0.3 is 18.6 Å². The lowest BCUT2D eigenvalue weighted by molar-refractivity contribution is 0.0870. The summed E-state index contributed by atoms with van der Waals surface area (Å²) in [5.74, 6) is 3.29. The highest BCUT2D eigenvalue weighted by Crippen LogP contribution is 2.40. The molecule has 4 rings (SSSR count). The van der Waals surface area contributed by atoms with Crippen LogP contribution in [0.15, 0.2) is 34.1 Å². The fraction of sp³-hybridized carbons (Fsp3) is 0.455. The van der Waals surface area contributed by atoms with Crippen LogP contribution in [-0.4, -0.2) is 67.5 Å². The molecule has 0 aliphatic carbocycles. The van der Waals surface area contributed by atoms with Crippen molar-refractivity contribution in [2.24, 2.45) is 0 Å². The predicted octanol–water partition coefficient (Wildman–Crippen LogP) is 3.70. The van der Waals surface area contributed by atoms with E-state index in [0.717, 1.165) is 48.9 Å². The topological polar surface area (TPSA) is 73.1 Å². The monoisotopic (exact) mass is 444 g/mol. The molecule has 3 heterocycles. The van der Waals surface area contributed by atoms with Gasteiger partial charge in [-0.3, -0.25) is 9.80 Å². The van der Waals surface area contributed by atoms with Crippen molar-refractivity contribution in [2.75, 3.05) is 47.5 Å². The molecule has 0 bridgehead atoms. The number of thiophene rings is 1. The zero-order chi connectivity index (χ0) is 21.8. The van der Waals surface area contributed by atoms with Crippen molar-refractivity contribution in [3.05, 3.63) is 41.1 Å². The maximum absolute atomic E-state index is 5.93. The molecule has 9 heteroatoms. The summed E-state index contributed by atoms with van der Waals surface area (Å²) in [5, 5.41) is 10.5. The second kappa shape index (κ2) is 9.67. The van der Waals surface area contributed by atoms with Crippen LogP contribution < -0.4 is 14.2 Å². The number of benzene rings is 1. The van der Waals surface area contributed by atoms with Crippen LogP contribution in [0.3, 0.4) is 0 Å². The Bertz CT molecular complexity index is 984. The summed E-state index contributed by atoms with van der Waals surface area (Å²) in [6, 6.07) is 8.03. The van der Waals surface area contributed by atoms with Crippen LogP contribution in [0.1, 0.15) is 24.4 Å². The average molecular weight is 445 g/mol. The molecule has 1 aromatic carbocycles. The van der Waals surface area contributed by atoms with Gasteiger partial charge in [0.1, 0.15) is 0 Å². The molecule has 1 unspecified atom stereocenters. The fourth-order valence-corrected chi connectivity index (χ4v) is 4.54. The van der Waals surface area contributed by atoms with Gasteiger partial charge in [-0.05, 0) is 24.4 Å². The summed E-state index contributed by atoms with van der Waals surface area (Å²) in [5.41, 5.74) is 1.08. The Morgan fingerprint density at radius 3 is 2.42 bits per heavy atom. The molecule has 1 fully saturated rings. The molecule has 3 aromatic rings. The fourth-order valence-electron chi connectivity index (χ4n) is 3.90. The minimum absolute atomic E-state index is 0.0824. The molecule has 0 amide bonds. The Morgan fingerprint density at radius 1 is 1.00 bits per heavy atom. The van der Waals surface area contributed by atoms with Crippen molar-refractivity contribution in [1.82, 2.24) is 20.0 Å². The van der Waals surface area contributed by atoms with Gasteiger partial charge in [-0.25, -0.2) is 0 Å². The smallest absolute Gasteiger partial charge is 0.257 e. The zero-order valence-electron chi connectivity index (χ0n) is 18.3. The Balaban J connectivity index is 1.38. The molecule has 31 heavy (non-hydrogen) atoms. The minimum atomic E-state index is 0.0824. The number of piperazine rings is 1. The number of rotatable bonds is 8. The first kappa shape index (κ1) is 21.6. The second-order valence-corrected chi connectivity index (χ2v) is 8.35. The van der Waals surface area contributed by atoms with Gasteiger partial charge in [0.15, 0.2) is 11.5 Å². The lowest BCUT2D eigenvalue weighted by Crippen LogP contribution is -2.46. The molecule has 1 saturated heterocycles. The standard InChI is InChI=1S/C22H28N4O4S/c1-15(21-23-24-22(30-21)18-6-5-13-31-18)26-11-9-25(10-12-26)14-16-7-8-17(27-2)20(29-4)19(16)28-3/h5-8,13,15H,9-12,14H2,1-4H3. The van der Waals surface area contributed by atoms with Crippen molar-refractivity contribution >= 4 is 11.3 Å². The van der Waals surface area contributed by atoms with Crippen molar-refractivity contribution in [2.45, 2.75) is 19.5 Å². The summed E-state index contributed by atoms with van der Waals surface area (Å²) in [6.07, 6.45) is 0. The SMILES string of the molecule is COc1ccc(CN2CCN(C(C)c3nnc(-c4cccs4)o3)CC2)c(OC)c1OC. The van der Waals surface area contributed by atoms with Crippen LogP contribution in [-0.2, 0) is 6.54 Å². The molecular weight excluding hydrogens is 416 g/mol. The van der Waals surface area contributed by atoms with E-state index in [1.54, 1.807) is 32.7 Å². The third-order valence-electron chi connectivity index (χ3n) is 5.66. The zero-order valence-corrected chi connectivity index (χ0v) is 19.1. The van der Waals surface area contributed by atoms with E-state index in [1.165, 1.54) is 0 Å². The molecule has 8 nitrogen and oxygen atoms in total. The summed E-state index contributed by atoms with van der Waals surface area (Å²) in [4.78, 5) is 5.80. The molecule has 0 radical (unpaired) electrons. The normalized spacial score (nSPS) is 16.3. The molecule has 0 saturated carbocycles. The highest BCUT2D eigenvalue weighted by molar-refractivity contribution is 7.13. The van der Waals surface area contributed by atoms with Crippen molar-refractivity contribution < 1.29 is 18.6 Å². The van der Waals surface area contributed by atoms with Gasteiger partial charge in [0.2, 0.25) is 11.6 Å². The molecule has 1 atom stereocenters. The van der Waals surface area contributed by atoms with E-state index in [4.69, 9.17) is 18.6 Å². The highest BCUT2D eigenvalue weighted by Gasteiger charge is 2.27. The largest absolute Gasteiger partial charge is 0.493 e. The maximum atomic E-state index is 5.93. The van der Waals surface area contributed by atoms with Gasteiger partial charge in [0.05, 0.1) is 32.2 Å². The average Bonchev–Trinajstić information content (AvgIpc) is 3.50. The van der Waals surface area contributed by atoms with E-state index in [-0.39, 0.29) is 6.04 Å². The van der Waals surface area contributed by atoms with Crippen LogP contribution in [0.4, 0.5) is 0 Å². The molecule has 166 valence electrons. The van der Waals surface area contributed by atoms with Gasteiger partial charge in [-0.1, -0.05) is 12.1 Å². The predicted molar refractivity (Wildman–Crippen MR) is 119 cm³/mol. The first-order chi connectivity index (χ1) is 15.1. The lowest BCUT2D eigenvalue weighted by atomic mass is 10.1. The summed E-state index contributed by atoms with van der Waals surface area (Å²) < 4.78 is 22.5. The lowest BCUT2D eigenvalue weighted by Gasteiger charge is -2.37. The van der Waals surface area contributed by atoms with Gasteiger partial charge in [0, 0.05) is 38.3 Å². The van der Waals surface area contributed by atoms with Crippen LogP contribution >= 0.6 is 11.3 Å². The van der Waals surface area contributed by atoms with E-state index < -0.39 is 0 Å². The van der Waals surface area contributed by atoms with E-state index in [9.17, 15) is 0 Å². The number of nitrogens with zero attached hydrogens (tertiary/aromatic N) is 4. The summed E-state index contributed by atoms with van der Waals surface area (Å²) in [6.45, 7) is 6.63. The van der Waals surface area contributed by atoms with E-state index in [0.29, 0.717) is 23.3 Å². The number of ether oxygens (including phenoxy) is 3. The highest BCUT2D eigenvalue weighted by atomic mass is 32.1. The van der Waals surface area contributed by atoms with Crippen LogP contribution in [0.2, 0.25) is 0 Å². The first-order valence-electron chi connectivity index (χ1n) is 10.3. The second-order valence-electron chi connectivity index (χ2n) is 7.40. The molecule has 2 aromatic heterocycles. The number of methoxy groups -OCH3 is 3. The van der Waals surface area contributed by atoms with Gasteiger partial charge in [-0.2, -0.15) is 0 Å². The number of hydrogen-bond acceptors (Lipinski definition) is 9. The van der Waals surface area contributed by atoms with E-state index in [2.05, 4.69) is 26.9 Å². The molecule has 0 spiro atoms. The van der Waals surface area contributed by atoms with Gasteiger partial charge in [0.25, 0.3) is 5.89 Å². The van der Waals surface area contributed by atoms with Crippen molar-refractivity contribution in [3.8, 4) is 28.0 Å². The summed E-state index contributed by atoms with van der Waals surface area (Å²) in [7, 11) is 4.92. The maximum Gasteiger partial charge on any atom is 0.257 e. The Labute approximate surface area is 186 Å². The third kappa shape index (κ3) is 4.53. The quantitative estimate of drug-likeness (QED) is 0.521. The van der Waals surface area contributed by atoms with E-state index in [1.807, 2.05) is 29.6 Å². The number of hydrogen-bond donors (Lipinski definition) is 0. The molecule has 0 N–H and O–H groups in total. The minimum Gasteiger partial charge on any atom is -0.493 e. The van der Waals surface area contributed by atoms with Crippen molar-refractivity contribution in [3.63, 3.8) is 0 Å². The van der Waals surface area contributed by atoms with Crippen LogP contribution in [0, 0.1) is 0 Å². The van der Waals surface area contributed by atoms with Crippen molar-refractivity contribution in [1.29, 1.82) is 0 Å². The Hall–Kier alpha value is -2.62. The number of aromatic nitrogens is 2. The van der Waals surface area contributed by atoms with E-state index >= 15 is 0 Å². The Morgan fingerprint density at radius 2 is 1.77 bits per heavy atom. The van der Waals surface area contributed by atoms with Gasteiger partial charge >= 0.3 is 0 Å². The molecular formula is C22H28N4O4S. The third-order valence-corrected chi connectivity index (χ3v) is 6.52. The first-order valence-corrected chi connectivity index (χ1v) is 11.1. The van der Waals surface area contributed by atoms with Gasteiger partial charge in [-0.15, -0.1) is 21.5 Å².